The molecule has 72 valence electrons. The summed E-state index contributed by atoms with van der Waals surface area (Å²) >= 11 is 5.68. The second-order valence-electron chi connectivity index (χ2n) is 3.55. The molecule has 2 atom stereocenters. The number of halogens is 1. The SMILES string of the molecule is CC(Cl)C(=O)N(C)C(C)C(C)C. The maximum atomic E-state index is 11.4. The van der Waals surface area contributed by atoms with Gasteiger partial charge in [-0.25, -0.2) is 0 Å². The molecule has 0 rings (SSSR count). The molecule has 0 fully saturated rings. The first-order valence-corrected chi connectivity index (χ1v) is 4.72. The van der Waals surface area contributed by atoms with Gasteiger partial charge in [0, 0.05) is 13.1 Å². The lowest BCUT2D eigenvalue weighted by molar-refractivity contribution is -0.131. The molecule has 0 heterocycles. The number of alkyl halides is 1. The Morgan fingerprint density at radius 1 is 1.25 bits per heavy atom. The molecule has 0 aliphatic rings. The number of rotatable bonds is 3. The fourth-order valence-corrected chi connectivity index (χ4v) is 1.08. The molecular formula is C9H18ClNO. The second-order valence-corrected chi connectivity index (χ2v) is 4.20. The molecule has 0 bridgehead atoms. The molecule has 0 aliphatic carbocycles. The lowest BCUT2D eigenvalue weighted by Crippen LogP contribution is -2.41. The van der Waals surface area contributed by atoms with E-state index in [1.54, 1.807) is 18.9 Å². The van der Waals surface area contributed by atoms with Crippen LogP contribution in [0.15, 0.2) is 0 Å². The second kappa shape index (κ2) is 4.70. The zero-order valence-electron chi connectivity index (χ0n) is 8.47. The van der Waals surface area contributed by atoms with Crippen molar-refractivity contribution in [2.45, 2.75) is 39.1 Å². The highest BCUT2D eigenvalue weighted by molar-refractivity contribution is 6.30. The molecule has 2 nitrogen and oxygen atoms in total. The van der Waals surface area contributed by atoms with Crippen molar-refractivity contribution < 1.29 is 4.79 Å². The molecule has 0 saturated heterocycles. The summed E-state index contributed by atoms with van der Waals surface area (Å²) in [6.45, 7) is 7.91. The molecule has 0 aromatic heterocycles. The van der Waals surface area contributed by atoms with Gasteiger partial charge in [-0.2, -0.15) is 0 Å². The average molecular weight is 192 g/mol. The molecule has 3 heteroatoms. The number of hydrogen-bond donors (Lipinski definition) is 0. The van der Waals surface area contributed by atoms with Gasteiger partial charge in [0.25, 0.3) is 0 Å². The van der Waals surface area contributed by atoms with E-state index in [0.717, 1.165) is 0 Å². The van der Waals surface area contributed by atoms with Crippen LogP contribution in [0.2, 0.25) is 0 Å². The van der Waals surface area contributed by atoms with E-state index >= 15 is 0 Å². The Labute approximate surface area is 79.9 Å². The number of hydrogen-bond acceptors (Lipinski definition) is 1. The monoisotopic (exact) mass is 191 g/mol. The van der Waals surface area contributed by atoms with Gasteiger partial charge in [0.15, 0.2) is 0 Å². The lowest BCUT2D eigenvalue weighted by Gasteiger charge is -2.28. The Balaban J connectivity index is 4.19. The summed E-state index contributed by atoms with van der Waals surface area (Å²) in [6.07, 6.45) is 0. The van der Waals surface area contributed by atoms with Crippen LogP contribution in [-0.4, -0.2) is 29.3 Å². The third-order valence-electron chi connectivity index (χ3n) is 2.26. The highest BCUT2D eigenvalue weighted by Gasteiger charge is 2.21. The molecule has 0 spiro atoms. The average Bonchev–Trinajstić information content (AvgIpc) is 2.00. The molecule has 1 amide bonds. The van der Waals surface area contributed by atoms with Gasteiger partial charge in [-0.3, -0.25) is 4.79 Å². The van der Waals surface area contributed by atoms with Crippen molar-refractivity contribution >= 4 is 17.5 Å². The van der Waals surface area contributed by atoms with Gasteiger partial charge in [-0.15, -0.1) is 11.6 Å². The predicted octanol–water partition coefficient (Wildman–Crippen LogP) is 2.12. The van der Waals surface area contributed by atoms with Crippen LogP contribution in [0.5, 0.6) is 0 Å². The van der Waals surface area contributed by atoms with Crippen molar-refractivity contribution in [2.24, 2.45) is 5.92 Å². The van der Waals surface area contributed by atoms with E-state index in [2.05, 4.69) is 13.8 Å². The molecule has 0 N–H and O–H groups in total. The van der Waals surface area contributed by atoms with Gasteiger partial charge >= 0.3 is 0 Å². The summed E-state index contributed by atoms with van der Waals surface area (Å²) in [6, 6.07) is 0.249. The van der Waals surface area contributed by atoms with Crippen LogP contribution in [0.3, 0.4) is 0 Å². The van der Waals surface area contributed by atoms with Crippen LogP contribution in [-0.2, 0) is 4.79 Å². The molecule has 0 aromatic rings. The molecule has 0 aliphatic heterocycles. The number of carbonyl (C=O) groups is 1. The first kappa shape index (κ1) is 11.8. The Hall–Kier alpha value is -0.240. The Bertz CT molecular complexity index is 157. The van der Waals surface area contributed by atoms with Gasteiger partial charge in [-0.1, -0.05) is 13.8 Å². The van der Waals surface area contributed by atoms with Crippen LogP contribution in [0.25, 0.3) is 0 Å². The zero-order valence-corrected chi connectivity index (χ0v) is 9.22. The van der Waals surface area contributed by atoms with Gasteiger partial charge in [0.2, 0.25) is 5.91 Å². The molecule has 0 aromatic carbocycles. The first-order chi connectivity index (χ1) is 5.37. The minimum absolute atomic E-state index is 0.00198. The minimum atomic E-state index is -0.420. The van der Waals surface area contributed by atoms with E-state index in [9.17, 15) is 4.79 Å². The van der Waals surface area contributed by atoms with Gasteiger partial charge in [0.1, 0.15) is 5.38 Å². The van der Waals surface area contributed by atoms with Gasteiger partial charge in [-0.05, 0) is 19.8 Å². The van der Waals surface area contributed by atoms with Crippen LogP contribution in [0.1, 0.15) is 27.7 Å². The highest BCUT2D eigenvalue weighted by Crippen LogP contribution is 2.10. The topological polar surface area (TPSA) is 20.3 Å². The minimum Gasteiger partial charge on any atom is -0.342 e. The van der Waals surface area contributed by atoms with Gasteiger partial charge < -0.3 is 4.90 Å². The third kappa shape index (κ3) is 3.02. The van der Waals surface area contributed by atoms with Crippen molar-refractivity contribution in [1.82, 2.24) is 4.90 Å². The predicted molar refractivity (Wildman–Crippen MR) is 52.4 cm³/mol. The molecule has 2 unspecified atom stereocenters. The zero-order chi connectivity index (χ0) is 9.89. The van der Waals surface area contributed by atoms with Crippen LogP contribution in [0, 0.1) is 5.92 Å². The summed E-state index contributed by atoms with van der Waals surface area (Å²) in [5.41, 5.74) is 0. The number of nitrogens with zero attached hydrogens (tertiary/aromatic N) is 1. The molecule has 12 heavy (non-hydrogen) atoms. The summed E-state index contributed by atoms with van der Waals surface area (Å²) in [5, 5.41) is -0.420. The Morgan fingerprint density at radius 3 is 1.92 bits per heavy atom. The highest BCUT2D eigenvalue weighted by atomic mass is 35.5. The summed E-state index contributed by atoms with van der Waals surface area (Å²) in [5.74, 6) is 0.465. The smallest absolute Gasteiger partial charge is 0.240 e. The quantitative estimate of drug-likeness (QED) is 0.626. The summed E-state index contributed by atoms with van der Waals surface area (Å²) in [7, 11) is 1.80. The number of carbonyl (C=O) groups excluding carboxylic acids is 1. The van der Waals surface area contributed by atoms with Gasteiger partial charge in [0.05, 0.1) is 0 Å². The van der Waals surface area contributed by atoms with E-state index in [0.29, 0.717) is 5.92 Å². The lowest BCUT2D eigenvalue weighted by atomic mass is 10.1. The van der Waals surface area contributed by atoms with Crippen LogP contribution in [0.4, 0.5) is 0 Å². The van der Waals surface area contributed by atoms with Crippen molar-refractivity contribution in [3.05, 3.63) is 0 Å². The summed E-state index contributed by atoms with van der Waals surface area (Å²) in [4.78, 5) is 13.1. The van der Waals surface area contributed by atoms with E-state index in [-0.39, 0.29) is 11.9 Å². The molecular weight excluding hydrogens is 174 g/mol. The first-order valence-electron chi connectivity index (χ1n) is 4.28. The normalized spacial score (nSPS) is 15.9. The largest absolute Gasteiger partial charge is 0.342 e. The molecule has 0 saturated carbocycles. The number of amides is 1. The fourth-order valence-electron chi connectivity index (χ4n) is 0.929. The Morgan fingerprint density at radius 2 is 1.67 bits per heavy atom. The van der Waals surface area contributed by atoms with Crippen LogP contribution >= 0.6 is 11.6 Å². The van der Waals surface area contributed by atoms with E-state index < -0.39 is 5.38 Å². The Kier molecular flexibility index (Phi) is 4.61. The fraction of sp³-hybridized carbons (Fsp3) is 0.889. The van der Waals surface area contributed by atoms with Crippen molar-refractivity contribution in [2.75, 3.05) is 7.05 Å². The third-order valence-corrected chi connectivity index (χ3v) is 2.45. The standard InChI is InChI=1S/C9H18ClNO/c1-6(2)8(4)11(5)9(12)7(3)10/h6-8H,1-5H3. The van der Waals surface area contributed by atoms with E-state index in [1.807, 2.05) is 6.92 Å². The molecule has 0 radical (unpaired) electrons. The van der Waals surface area contributed by atoms with E-state index in [4.69, 9.17) is 11.6 Å². The van der Waals surface area contributed by atoms with Crippen molar-refractivity contribution in [1.29, 1.82) is 0 Å². The van der Waals surface area contributed by atoms with Crippen molar-refractivity contribution in [3.63, 3.8) is 0 Å². The van der Waals surface area contributed by atoms with Crippen LogP contribution < -0.4 is 0 Å². The van der Waals surface area contributed by atoms with Crippen molar-refractivity contribution in [3.8, 4) is 0 Å². The summed E-state index contributed by atoms with van der Waals surface area (Å²) < 4.78 is 0. The maximum absolute atomic E-state index is 11.4. The van der Waals surface area contributed by atoms with E-state index in [1.165, 1.54) is 0 Å². The maximum Gasteiger partial charge on any atom is 0.240 e.